The van der Waals surface area contributed by atoms with Gasteiger partial charge in [0.1, 0.15) is 5.75 Å². The Balaban J connectivity index is 1.75. The number of benzene rings is 1. The van der Waals surface area contributed by atoms with Crippen molar-refractivity contribution in [1.29, 1.82) is 0 Å². The number of carbonyl (C=O) groups is 4. The number of hydroxylamine groups is 2. The van der Waals surface area contributed by atoms with E-state index in [9.17, 15) is 29.5 Å². The number of hydrogen-bond acceptors (Lipinski definition) is 6. The number of phenolic OH excluding ortho intramolecular Hbond substituents is 1. The molecule has 4 atom stereocenters. The topological polar surface area (TPSA) is 112 Å². The smallest absolute Gasteiger partial charge is 0.257 e. The van der Waals surface area contributed by atoms with Gasteiger partial charge in [-0.25, -0.2) is 0 Å². The normalized spacial score (nSPS) is 30.1. The summed E-state index contributed by atoms with van der Waals surface area (Å²) in [6.45, 7) is 1.57. The van der Waals surface area contributed by atoms with Gasteiger partial charge < -0.3 is 5.11 Å². The number of amides is 2. The van der Waals surface area contributed by atoms with Crippen LogP contribution in [0, 0.1) is 17.8 Å². The average Bonchev–Trinajstić information content (AvgIpc) is 2.96. The first kappa shape index (κ1) is 19.9. The minimum Gasteiger partial charge on any atom is -0.508 e. The molecular weight excluding hydrogens is 422 g/mol. The summed E-state index contributed by atoms with van der Waals surface area (Å²) in [5.41, 5.74) is 1.91. The lowest BCUT2D eigenvalue weighted by atomic mass is 9.59. The van der Waals surface area contributed by atoms with Crippen LogP contribution in [0.5, 0.6) is 5.75 Å². The molecule has 0 saturated carbocycles. The summed E-state index contributed by atoms with van der Waals surface area (Å²) in [6.07, 6.45) is 3.42. The molecule has 0 bridgehead atoms. The Labute approximate surface area is 182 Å². The van der Waals surface area contributed by atoms with Crippen molar-refractivity contribution < 1.29 is 29.5 Å². The maximum absolute atomic E-state index is 13.2. The van der Waals surface area contributed by atoms with Crippen molar-refractivity contribution in [2.75, 3.05) is 0 Å². The van der Waals surface area contributed by atoms with Gasteiger partial charge in [-0.05, 0) is 50.0 Å². The summed E-state index contributed by atoms with van der Waals surface area (Å²) in [6, 6.07) is 4.49. The van der Waals surface area contributed by atoms with Gasteiger partial charge in [0.25, 0.3) is 11.8 Å². The molecule has 1 saturated heterocycles. The Morgan fingerprint density at radius 1 is 1.10 bits per heavy atom. The maximum atomic E-state index is 13.2. The Kier molecular flexibility index (Phi) is 4.32. The molecule has 1 aliphatic heterocycles. The van der Waals surface area contributed by atoms with Crippen LogP contribution in [0.2, 0.25) is 5.02 Å². The molecule has 8 heteroatoms. The summed E-state index contributed by atoms with van der Waals surface area (Å²) in [4.78, 5) is 51.1. The number of aromatic hydroxyl groups is 1. The quantitative estimate of drug-likeness (QED) is 0.301. The van der Waals surface area contributed by atoms with E-state index >= 15 is 0 Å². The lowest BCUT2D eigenvalue weighted by Gasteiger charge is -2.42. The predicted molar refractivity (Wildman–Crippen MR) is 108 cm³/mol. The van der Waals surface area contributed by atoms with E-state index in [1.54, 1.807) is 19.1 Å². The first-order valence-electron chi connectivity index (χ1n) is 9.96. The third kappa shape index (κ3) is 2.70. The standard InChI is InChI=1S/C23H18ClNO6/c1-9-6-17(27)15-8-13-11(3-4-12-19(13)23(30)25(31)22(12)29)18(20(15)21(9)28)14-7-10(24)2-5-16(14)26/h2-3,5-7,12-13,18-19,26,31H,4,8H2,1H3. The van der Waals surface area contributed by atoms with Gasteiger partial charge in [-0.1, -0.05) is 23.3 Å². The summed E-state index contributed by atoms with van der Waals surface area (Å²) >= 11 is 6.18. The second-order valence-corrected chi connectivity index (χ2v) is 8.86. The second-order valence-electron chi connectivity index (χ2n) is 8.42. The van der Waals surface area contributed by atoms with Crippen molar-refractivity contribution >= 4 is 35.0 Å². The number of carbonyl (C=O) groups excluding carboxylic acids is 4. The molecule has 158 valence electrons. The fraction of sp³-hybridized carbons (Fsp3) is 0.304. The molecule has 1 fully saturated rings. The molecular formula is C23H18ClNO6. The number of nitrogens with zero attached hydrogens (tertiary/aromatic N) is 1. The molecule has 1 aromatic carbocycles. The van der Waals surface area contributed by atoms with Crippen molar-refractivity contribution in [3.63, 3.8) is 0 Å². The summed E-state index contributed by atoms with van der Waals surface area (Å²) in [5.74, 6) is -4.94. The fourth-order valence-electron chi connectivity index (χ4n) is 5.46. The number of rotatable bonds is 1. The van der Waals surface area contributed by atoms with Crippen LogP contribution in [-0.2, 0) is 19.2 Å². The van der Waals surface area contributed by atoms with E-state index in [2.05, 4.69) is 0 Å². The van der Waals surface area contributed by atoms with Crippen LogP contribution in [0.3, 0.4) is 0 Å². The molecule has 7 nitrogen and oxygen atoms in total. The van der Waals surface area contributed by atoms with Gasteiger partial charge in [-0.3, -0.25) is 24.4 Å². The molecule has 0 radical (unpaired) electrons. The van der Waals surface area contributed by atoms with Gasteiger partial charge in [0, 0.05) is 33.2 Å². The van der Waals surface area contributed by atoms with E-state index in [1.807, 2.05) is 0 Å². The van der Waals surface area contributed by atoms with Crippen LogP contribution in [0.15, 0.2) is 52.6 Å². The summed E-state index contributed by atoms with van der Waals surface area (Å²) in [5, 5.41) is 21.1. The van der Waals surface area contributed by atoms with E-state index in [-0.39, 0.29) is 46.4 Å². The van der Waals surface area contributed by atoms with Gasteiger partial charge >= 0.3 is 0 Å². The highest BCUT2D eigenvalue weighted by atomic mass is 35.5. The van der Waals surface area contributed by atoms with Crippen molar-refractivity contribution in [2.24, 2.45) is 17.8 Å². The minimum atomic E-state index is -0.828. The zero-order chi connectivity index (χ0) is 22.2. The van der Waals surface area contributed by atoms with Gasteiger partial charge in [-0.2, -0.15) is 5.06 Å². The Morgan fingerprint density at radius 3 is 2.58 bits per heavy atom. The largest absolute Gasteiger partial charge is 0.508 e. The van der Waals surface area contributed by atoms with E-state index < -0.39 is 35.5 Å². The lowest BCUT2D eigenvalue weighted by Crippen LogP contribution is -2.39. The van der Waals surface area contributed by atoms with Crippen LogP contribution >= 0.6 is 11.6 Å². The fourth-order valence-corrected chi connectivity index (χ4v) is 5.64. The Bertz CT molecular complexity index is 1190. The molecule has 4 aliphatic rings. The summed E-state index contributed by atoms with van der Waals surface area (Å²) < 4.78 is 0. The zero-order valence-electron chi connectivity index (χ0n) is 16.5. The Morgan fingerprint density at radius 2 is 1.84 bits per heavy atom. The first-order valence-corrected chi connectivity index (χ1v) is 10.3. The number of Topliss-reactive ketones (excluding diaryl/α,β-unsaturated/α-hetero) is 1. The van der Waals surface area contributed by atoms with Crippen molar-refractivity contribution in [2.45, 2.75) is 25.7 Å². The highest BCUT2D eigenvalue weighted by molar-refractivity contribution is 6.30. The molecule has 0 spiro atoms. The van der Waals surface area contributed by atoms with Gasteiger partial charge in [0.15, 0.2) is 11.6 Å². The van der Waals surface area contributed by atoms with Gasteiger partial charge in [-0.15, -0.1) is 0 Å². The van der Waals surface area contributed by atoms with E-state index in [4.69, 9.17) is 11.6 Å². The number of fused-ring (bicyclic) bond motifs is 3. The van der Waals surface area contributed by atoms with Crippen molar-refractivity contribution in [1.82, 2.24) is 5.06 Å². The van der Waals surface area contributed by atoms with Crippen LogP contribution in [-0.4, -0.2) is 38.8 Å². The minimum absolute atomic E-state index is 0.0880. The first-order chi connectivity index (χ1) is 14.7. The van der Waals surface area contributed by atoms with Gasteiger partial charge in [0.05, 0.1) is 11.8 Å². The highest BCUT2D eigenvalue weighted by Crippen LogP contribution is 2.56. The molecule has 2 amide bonds. The average molecular weight is 440 g/mol. The monoisotopic (exact) mass is 439 g/mol. The van der Waals surface area contributed by atoms with E-state index in [0.29, 0.717) is 21.7 Å². The van der Waals surface area contributed by atoms with Crippen molar-refractivity contribution in [3.05, 3.63) is 63.2 Å². The number of phenols is 1. The van der Waals surface area contributed by atoms with E-state index in [0.717, 1.165) is 0 Å². The van der Waals surface area contributed by atoms with Crippen LogP contribution in [0.25, 0.3) is 0 Å². The number of halogens is 1. The molecule has 5 rings (SSSR count). The van der Waals surface area contributed by atoms with Gasteiger partial charge in [0.2, 0.25) is 0 Å². The number of ketones is 2. The van der Waals surface area contributed by atoms with Crippen LogP contribution < -0.4 is 0 Å². The Hall–Kier alpha value is -3.03. The SMILES string of the molecule is CC1=CC(=O)C2=C(C1=O)C(c1cc(Cl)ccc1O)C1=CCC3C(=O)N(O)C(=O)C3C1C2. The highest BCUT2D eigenvalue weighted by Gasteiger charge is 2.56. The maximum Gasteiger partial charge on any atom is 0.257 e. The molecule has 3 aliphatic carbocycles. The number of allylic oxidation sites excluding steroid dienone is 6. The molecule has 2 N–H and O–H groups in total. The van der Waals surface area contributed by atoms with Crippen molar-refractivity contribution in [3.8, 4) is 5.75 Å². The molecule has 1 heterocycles. The predicted octanol–water partition coefficient (Wildman–Crippen LogP) is 2.86. The molecule has 0 aromatic heterocycles. The lowest BCUT2D eigenvalue weighted by molar-refractivity contribution is -0.173. The van der Waals surface area contributed by atoms with E-state index in [1.165, 1.54) is 18.2 Å². The third-order valence-electron chi connectivity index (χ3n) is 6.84. The molecule has 4 unspecified atom stereocenters. The van der Waals surface area contributed by atoms with Crippen LogP contribution in [0.1, 0.15) is 31.2 Å². The summed E-state index contributed by atoms with van der Waals surface area (Å²) in [7, 11) is 0. The molecule has 1 aromatic rings. The zero-order valence-corrected chi connectivity index (χ0v) is 17.2. The number of hydrogen-bond donors (Lipinski definition) is 2. The third-order valence-corrected chi connectivity index (χ3v) is 7.08. The molecule has 31 heavy (non-hydrogen) atoms. The van der Waals surface area contributed by atoms with Crippen LogP contribution in [0.4, 0.5) is 0 Å². The number of imide groups is 1. The second kappa shape index (κ2) is 6.73.